The molecule has 14 heavy (non-hydrogen) atoms. The molecule has 0 unspecified atom stereocenters. The Morgan fingerprint density at radius 2 is 2.00 bits per heavy atom. The van der Waals surface area contributed by atoms with Crippen LogP contribution >= 0.6 is 0 Å². The first-order valence-corrected chi connectivity index (χ1v) is 3.53. The molecule has 4 heteroatoms. The van der Waals surface area contributed by atoms with E-state index in [2.05, 4.69) is 10.8 Å². The van der Waals surface area contributed by atoms with E-state index in [0.29, 0.717) is 5.56 Å². The summed E-state index contributed by atoms with van der Waals surface area (Å²) >= 11 is 0. The summed E-state index contributed by atoms with van der Waals surface area (Å²) in [6, 6.07) is 4.21. The van der Waals surface area contributed by atoms with Crippen molar-refractivity contribution in [2.24, 2.45) is 0 Å². The normalized spacial score (nSPS) is 8.57. The van der Waals surface area contributed by atoms with E-state index in [-0.39, 0.29) is 34.2 Å². The van der Waals surface area contributed by atoms with Crippen LogP contribution in [0.25, 0.3) is 0 Å². The number of rotatable bonds is 2. The van der Waals surface area contributed by atoms with E-state index < -0.39 is 12.7 Å². The van der Waals surface area contributed by atoms with Gasteiger partial charge in [-0.05, 0) is 0 Å². The van der Waals surface area contributed by atoms with Crippen molar-refractivity contribution in [2.45, 2.75) is 13.8 Å². The van der Waals surface area contributed by atoms with Crippen LogP contribution < -0.4 is 4.74 Å². The van der Waals surface area contributed by atoms with Gasteiger partial charge in [0.2, 0.25) is 6.86 Å². The van der Waals surface area contributed by atoms with Crippen molar-refractivity contribution in [2.75, 3.05) is 6.86 Å². The van der Waals surface area contributed by atoms with Crippen LogP contribution in [0.4, 0.5) is 8.78 Å². The number of halogens is 2. The first-order chi connectivity index (χ1) is 5.65. The minimum Gasteiger partial charge on any atom is -0.486 e. The van der Waals surface area contributed by atoms with Gasteiger partial charge in [0.05, 0.1) is 5.82 Å². The Morgan fingerprint density at radius 1 is 1.43 bits per heavy atom. The Kier molecular flexibility index (Phi) is 7.94. The van der Waals surface area contributed by atoms with E-state index >= 15 is 0 Å². The van der Waals surface area contributed by atoms with Gasteiger partial charge in [0.1, 0.15) is 0 Å². The fourth-order valence-corrected chi connectivity index (χ4v) is 0.991. The zero-order valence-electron chi connectivity index (χ0n) is 8.36. The molecule has 0 bridgehead atoms. The molecule has 1 aromatic rings. The molecule has 0 N–H and O–H groups in total. The Morgan fingerprint density at radius 3 is 2.50 bits per heavy atom. The van der Waals surface area contributed by atoms with Crippen LogP contribution in [0.15, 0.2) is 6.07 Å². The third-order valence-electron chi connectivity index (χ3n) is 1.49. The second-order valence-electron chi connectivity index (χ2n) is 2.53. The predicted molar refractivity (Wildman–Crippen MR) is 47.7 cm³/mol. The summed E-state index contributed by atoms with van der Waals surface area (Å²) in [6.45, 7) is 2.31. The summed E-state index contributed by atoms with van der Waals surface area (Å²) in [5, 5.41) is 0. The van der Waals surface area contributed by atoms with Crippen molar-refractivity contribution >= 4 is 0 Å². The number of hydrogen-bond donors (Lipinski definition) is 0. The first-order valence-electron chi connectivity index (χ1n) is 3.53. The van der Waals surface area contributed by atoms with Crippen LogP contribution in [0.3, 0.4) is 0 Å². The van der Waals surface area contributed by atoms with Gasteiger partial charge < -0.3 is 12.2 Å². The monoisotopic (exact) mass is 370 g/mol. The van der Waals surface area contributed by atoms with Crippen molar-refractivity contribution < 1.29 is 34.6 Å². The van der Waals surface area contributed by atoms with Gasteiger partial charge in [-0.1, -0.05) is 13.8 Å². The van der Waals surface area contributed by atoms with Crippen molar-refractivity contribution in [1.82, 2.24) is 0 Å². The fourth-order valence-electron chi connectivity index (χ4n) is 0.991. The summed E-state index contributed by atoms with van der Waals surface area (Å²) < 4.78 is 29.2. The minimum absolute atomic E-state index is 0. The van der Waals surface area contributed by atoms with Gasteiger partial charge in [0, 0.05) is 5.75 Å². The van der Waals surface area contributed by atoms with E-state index in [0.717, 1.165) is 5.56 Å². The summed E-state index contributed by atoms with van der Waals surface area (Å²) in [5.41, 5.74) is 1.17. The molecule has 0 heterocycles. The minimum atomic E-state index is -1.03. The zero-order valence-corrected chi connectivity index (χ0v) is 11.3. The van der Waals surface area contributed by atoms with E-state index in [1.165, 1.54) is 0 Å². The SMILES string of the molecule is Cc1[c-]c(OCF)c(F)c(C)c1.[CH3-].[W+2]. The molecule has 1 rings (SSSR count). The second-order valence-corrected chi connectivity index (χ2v) is 2.53. The molecule has 0 fully saturated rings. The molecule has 0 aliphatic rings. The molecule has 0 radical (unpaired) electrons. The predicted octanol–water partition coefficient (Wildman–Crippen LogP) is 3.00. The second kappa shape index (κ2) is 6.94. The Labute approximate surface area is 97.7 Å². The zero-order chi connectivity index (χ0) is 9.14. The molecule has 0 aromatic heterocycles. The summed E-state index contributed by atoms with van der Waals surface area (Å²) in [5.74, 6) is -0.687. The summed E-state index contributed by atoms with van der Waals surface area (Å²) in [4.78, 5) is 0. The van der Waals surface area contributed by atoms with Gasteiger partial charge in [-0.3, -0.25) is 4.39 Å². The average Bonchev–Trinajstić information content (AvgIpc) is 2.00. The number of hydrogen-bond acceptors (Lipinski definition) is 1. The topological polar surface area (TPSA) is 9.23 Å². The molecule has 1 nitrogen and oxygen atoms in total. The van der Waals surface area contributed by atoms with E-state index in [4.69, 9.17) is 0 Å². The third kappa shape index (κ3) is 3.75. The molecule has 0 aliphatic heterocycles. The Balaban J connectivity index is 0. The van der Waals surface area contributed by atoms with Crippen LogP contribution in [0.2, 0.25) is 0 Å². The molecular weight excluding hydrogens is 358 g/mol. The number of benzene rings is 1. The molecule has 0 spiro atoms. The molecule has 1 aromatic carbocycles. The molecule has 0 amide bonds. The largest absolute Gasteiger partial charge is 2.00 e. The van der Waals surface area contributed by atoms with Crippen molar-refractivity contribution in [1.29, 1.82) is 0 Å². The maximum atomic E-state index is 13.0. The van der Waals surface area contributed by atoms with Gasteiger partial charge in [-0.2, -0.15) is 11.6 Å². The molecule has 0 atom stereocenters. The van der Waals surface area contributed by atoms with Gasteiger partial charge in [-0.25, -0.2) is 4.39 Å². The Bertz CT molecular complexity index is 290. The molecule has 0 saturated heterocycles. The smallest absolute Gasteiger partial charge is 0.486 e. The van der Waals surface area contributed by atoms with Crippen molar-refractivity contribution in [3.8, 4) is 5.75 Å². The number of ether oxygens (including phenoxy) is 1. The molecular formula is C10H12F2OW. The average molecular weight is 370 g/mol. The quantitative estimate of drug-likeness (QED) is 0.728. The third-order valence-corrected chi connectivity index (χ3v) is 1.49. The fraction of sp³-hybridized carbons (Fsp3) is 0.300. The molecule has 0 aliphatic carbocycles. The van der Waals surface area contributed by atoms with Gasteiger partial charge >= 0.3 is 21.1 Å². The maximum absolute atomic E-state index is 13.0. The van der Waals surface area contributed by atoms with E-state index in [1.807, 2.05) is 0 Å². The van der Waals surface area contributed by atoms with Crippen molar-refractivity contribution in [3.05, 3.63) is 36.5 Å². The summed E-state index contributed by atoms with van der Waals surface area (Å²) in [6.07, 6.45) is 0. The van der Waals surface area contributed by atoms with Gasteiger partial charge in [-0.15, -0.1) is 11.6 Å². The number of alkyl halides is 1. The summed E-state index contributed by atoms with van der Waals surface area (Å²) in [7, 11) is 0. The van der Waals surface area contributed by atoms with Crippen LogP contribution in [-0.4, -0.2) is 6.86 Å². The Hall–Kier alpha value is -0.432. The van der Waals surface area contributed by atoms with Crippen LogP contribution in [-0.2, 0) is 21.1 Å². The molecule has 0 saturated carbocycles. The first kappa shape index (κ1) is 16.0. The number of aryl methyl sites for hydroxylation is 2. The maximum Gasteiger partial charge on any atom is 2.00 e. The van der Waals surface area contributed by atoms with Crippen LogP contribution in [0.1, 0.15) is 11.1 Å². The van der Waals surface area contributed by atoms with Crippen LogP contribution in [0.5, 0.6) is 5.75 Å². The van der Waals surface area contributed by atoms with E-state index in [9.17, 15) is 8.78 Å². The van der Waals surface area contributed by atoms with Gasteiger partial charge in [0.25, 0.3) is 0 Å². The molecule has 78 valence electrons. The van der Waals surface area contributed by atoms with E-state index in [1.54, 1.807) is 19.9 Å². The van der Waals surface area contributed by atoms with Gasteiger partial charge in [0.15, 0.2) is 0 Å². The standard InChI is InChI=1S/C9H9F2O.CH3.W/c1-6-3-7(2)9(11)8(4-6)12-5-10;;/h3H,5H2,1-2H3;1H3;/q2*-1;+2. The van der Waals surface area contributed by atoms with Crippen molar-refractivity contribution in [3.63, 3.8) is 0 Å². The van der Waals surface area contributed by atoms with Crippen LogP contribution in [0, 0.1) is 33.2 Å².